The normalized spacial score (nSPS) is 13.1. The number of nitrogens with one attached hydrogen (secondary N) is 2. The zero-order valence-electron chi connectivity index (χ0n) is 16.7. The van der Waals surface area contributed by atoms with E-state index in [0.717, 1.165) is 16.9 Å². The summed E-state index contributed by atoms with van der Waals surface area (Å²) >= 11 is 0. The van der Waals surface area contributed by atoms with Gasteiger partial charge in [-0.3, -0.25) is 14.7 Å². The smallest absolute Gasteiger partial charge is 0.306 e. The molecular weight excluding hydrogens is 388 g/mol. The highest BCUT2D eigenvalue weighted by atomic mass is 16.7. The van der Waals surface area contributed by atoms with Crippen molar-refractivity contribution < 1.29 is 23.7 Å². The first-order valence-corrected chi connectivity index (χ1v) is 9.47. The Balaban J connectivity index is 1.72. The van der Waals surface area contributed by atoms with Crippen molar-refractivity contribution in [1.29, 1.82) is 0 Å². The minimum absolute atomic E-state index is 0.0205. The van der Waals surface area contributed by atoms with Crippen molar-refractivity contribution in [1.82, 2.24) is 10.2 Å². The standard InChI is InChI=1S/C22H22N2O6/c1-27-15-6-3-13(4-7-15)9-17-21(22(26)24-23-17)16(11-20(25)28-2)14-5-8-18-19(10-14)30-12-29-18/h3-8,10,16H,9,11-12H2,1-2H3,(H2,23,24,26). The summed E-state index contributed by atoms with van der Waals surface area (Å²) in [4.78, 5) is 24.9. The Morgan fingerprint density at radius 2 is 1.83 bits per heavy atom. The molecule has 0 spiro atoms. The van der Waals surface area contributed by atoms with Gasteiger partial charge in [-0.2, -0.15) is 0 Å². The van der Waals surface area contributed by atoms with Gasteiger partial charge in [-0.15, -0.1) is 0 Å². The maximum absolute atomic E-state index is 12.7. The van der Waals surface area contributed by atoms with E-state index in [1.54, 1.807) is 19.2 Å². The Bertz CT molecular complexity index is 1100. The Morgan fingerprint density at radius 1 is 1.07 bits per heavy atom. The van der Waals surface area contributed by atoms with E-state index >= 15 is 0 Å². The maximum Gasteiger partial charge on any atom is 0.306 e. The Labute approximate surface area is 172 Å². The van der Waals surface area contributed by atoms with Crippen molar-refractivity contribution in [2.45, 2.75) is 18.8 Å². The van der Waals surface area contributed by atoms with E-state index in [0.29, 0.717) is 29.2 Å². The second-order valence-electron chi connectivity index (χ2n) is 6.94. The first-order chi connectivity index (χ1) is 14.6. The van der Waals surface area contributed by atoms with Gasteiger partial charge in [-0.25, -0.2) is 0 Å². The van der Waals surface area contributed by atoms with E-state index in [2.05, 4.69) is 10.2 Å². The van der Waals surface area contributed by atoms with Crippen LogP contribution in [0.15, 0.2) is 47.3 Å². The van der Waals surface area contributed by atoms with E-state index in [4.69, 9.17) is 18.9 Å². The number of methoxy groups -OCH3 is 2. The van der Waals surface area contributed by atoms with Gasteiger partial charge in [0.2, 0.25) is 6.79 Å². The lowest BCUT2D eigenvalue weighted by molar-refractivity contribution is -0.140. The van der Waals surface area contributed by atoms with E-state index in [1.165, 1.54) is 7.11 Å². The van der Waals surface area contributed by atoms with Crippen LogP contribution in [0.2, 0.25) is 0 Å². The predicted molar refractivity (Wildman–Crippen MR) is 108 cm³/mol. The first-order valence-electron chi connectivity index (χ1n) is 9.47. The summed E-state index contributed by atoms with van der Waals surface area (Å²) in [6.45, 7) is 0.147. The lowest BCUT2D eigenvalue weighted by Gasteiger charge is -2.17. The summed E-state index contributed by atoms with van der Waals surface area (Å²) in [7, 11) is 2.94. The maximum atomic E-state index is 12.7. The molecule has 156 valence electrons. The summed E-state index contributed by atoms with van der Waals surface area (Å²) < 4.78 is 20.9. The van der Waals surface area contributed by atoms with Gasteiger partial charge in [-0.1, -0.05) is 18.2 Å². The minimum Gasteiger partial charge on any atom is -0.497 e. The number of carbonyl (C=O) groups excluding carboxylic acids is 1. The third-order valence-corrected chi connectivity index (χ3v) is 5.18. The molecule has 0 radical (unpaired) electrons. The fourth-order valence-corrected chi connectivity index (χ4v) is 3.63. The minimum atomic E-state index is -0.504. The van der Waals surface area contributed by atoms with Crippen molar-refractivity contribution in [2.24, 2.45) is 0 Å². The van der Waals surface area contributed by atoms with Gasteiger partial charge in [0.05, 0.1) is 20.6 Å². The zero-order chi connectivity index (χ0) is 21.1. The van der Waals surface area contributed by atoms with E-state index in [1.807, 2.05) is 30.3 Å². The number of esters is 1. The van der Waals surface area contributed by atoms with Gasteiger partial charge >= 0.3 is 5.97 Å². The number of benzene rings is 2. The first kappa shape index (κ1) is 19.6. The fraction of sp³-hybridized carbons (Fsp3) is 0.273. The molecule has 30 heavy (non-hydrogen) atoms. The molecule has 0 aliphatic carbocycles. The van der Waals surface area contributed by atoms with Gasteiger partial charge in [0.15, 0.2) is 11.5 Å². The Hall–Kier alpha value is -3.68. The number of H-pyrrole nitrogens is 2. The number of aromatic nitrogens is 2. The molecule has 0 saturated heterocycles. The molecular formula is C22H22N2O6. The van der Waals surface area contributed by atoms with E-state index in [9.17, 15) is 9.59 Å². The average molecular weight is 410 g/mol. The summed E-state index contributed by atoms with van der Waals surface area (Å²) in [5, 5.41) is 5.63. The highest BCUT2D eigenvalue weighted by Gasteiger charge is 2.27. The van der Waals surface area contributed by atoms with Crippen molar-refractivity contribution in [3.63, 3.8) is 0 Å². The highest BCUT2D eigenvalue weighted by Crippen LogP contribution is 2.37. The van der Waals surface area contributed by atoms with Crippen LogP contribution >= 0.6 is 0 Å². The summed E-state index contributed by atoms with van der Waals surface area (Å²) in [6, 6.07) is 13.0. The van der Waals surface area contributed by atoms with Crippen molar-refractivity contribution in [2.75, 3.05) is 21.0 Å². The molecule has 2 aromatic carbocycles. The number of rotatable bonds is 7. The summed E-state index contributed by atoms with van der Waals surface area (Å²) in [5.74, 6) is 1.07. The molecule has 1 aliphatic rings. The molecule has 1 atom stereocenters. The molecule has 8 heteroatoms. The summed E-state index contributed by atoms with van der Waals surface area (Å²) in [5.41, 5.74) is 2.69. The van der Waals surface area contributed by atoms with Crippen LogP contribution in [0, 0.1) is 0 Å². The molecule has 0 bridgehead atoms. The second kappa shape index (κ2) is 8.36. The molecule has 8 nitrogen and oxygen atoms in total. The molecule has 1 unspecified atom stereocenters. The van der Waals surface area contributed by atoms with E-state index < -0.39 is 11.9 Å². The van der Waals surface area contributed by atoms with Crippen LogP contribution in [-0.2, 0) is 16.0 Å². The van der Waals surface area contributed by atoms with Gasteiger partial charge in [0, 0.05) is 23.6 Å². The van der Waals surface area contributed by atoms with Crippen molar-refractivity contribution in [3.8, 4) is 17.2 Å². The molecule has 2 N–H and O–H groups in total. The van der Waals surface area contributed by atoms with Crippen LogP contribution in [0.3, 0.4) is 0 Å². The third kappa shape index (κ3) is 3.89. The Morgan fingerprint density at radius 3 is 2.57 bits per heavy atom. The number of aromatic amines is 2. The SMILES string of the molecule is COC(=O)CC(c1ccc2c(c1)OCO2)c1c(Cc2ccc(OC)cc2)[nH][nH]c1=O. The molecule has 0 amide bonds. The topological polar surface area (TPSA) is 103 Å². The highest BCUT2D eigenvalue weighted by molar-refractivity contribution is 5.71. The van der Waals surface area contributed by atoms with E-state index in [-0.39, 0.29) is 18.8 Å². The largest absolute Gasteiger partial charge is 0.497 e. The number of hydrogen-bond acceptors (Lipinski definition) is 6. The van der Waals surface area contributed by atoms with Crippen molar-refractivity contribution in [3.05, 3.63) is 75.2 Å². The van der Waals surface area contributed by atoms with Gasteiger partial charge in [0.25, 0.3) is 5.56 Å². The van der Waals surface area contributed by atoms with Gasteiger partial charge in [0.1, 0.15) is 5.75 Å². The predicted octanol–water partition coefficient (Wildman–Crippen LogP) is 2.73. The van der Waals surface area contributed by atoms with Crippen LogP contribution < -0.4 is 19.8 Å². The van der Waals surface area contributed by atoms with Crippen LogP contribution in [0.1, 0.15) is 34.7 Å². The molecule has 1 aromatic heterocycles. The summed E-state index contributed by atoms with van der Waals surface area (Å²) in [6.07, 6.45) is 0.507. The van der Waals surface area contributed by atoms with Crippen molar-refractivity contribution >= 4 is 5.97 Å². The molecule has 4 rings (SSSR count). The lowest BCUT2D eigenvalue weighted by Crippen LogP contribution is -2.18. The number of fused-ring (bicyclic) bond motifs is 1. The average Bonchev–Trinajstić information content (AvgIpc) is 3.38. The number of carbonyl (C=O) groups is 1. The van der Waals surface area contributed by atoms with Gasteiger partial charge in [-0.05, 0) is 35.4 Å². The van der Waals surface area contributed by atoms with Gasteiger partial charge < -0.3 is 24.0 Å². The van der Waals surface area contributed by atoms with Crippen LogP contribution in [-0.4, -0.2) is 37.2 Å². The molecule has 2 heterocycles. The fourth-order valence-electron chi connectivity index (χ4n) is 3.63. The lowest BCUT2D eigenvalue weighted by atomic mass is 9.87. The molecule has 3 aromatic rings. The third-order valence-electron chi connectivity index (χ3n) is 5.18. The van der Waals surface area contributed by atoms with Crippen LogP contribution in [0.5, 0.6) is 17.2 Å². The van der Waals surface area contributed by atoms with Crippen LogP contribution in [0.4, 0.5) is 0 Å². The Kier molecular flexibility index (Phi) is 5.47. The quantitative estimate of drug-likeness (QED) is 0.581. The molecule has 0 saturated carbocycles. The zero-order valence-corrected chi connectivity index (χ0v) is 16.7. The number of ether oxygens (including phenoxy) is 4. The second-order valence-corrected chi connectivity index (χ2v) is 6.94. The molecule has 1 aliphatic heterocycles. The monoisotopic (exact) mass is 410 g/mol. The number of hydrogen-bond donors (Lipinski definition) is 2. The molecule has 0 fully saturated rings. The van der Waals surface area contributed by atoms with Crippen LogP contribution in [0.25, 0.3) is 0 Å².